The van der Waals surface area contributed by atoms with Gasteiger partial charge in [-0.25, -0.2) is 4.99 Å². The van der Waals surface area contributed by atoms with Gasteiger partial charge >= 0.3 is 0 Å². The number of rotatable bonds is 3. The van der Waals surface area contributed by atoms with Gasteiger partial charge in [0.15, 0.2) is 5.17 Å². The summed E-state index contributed by atoms with van der Waals surface area (Å²) < 4.78 is 0.971. The third-order valence-corrected chi connectivity index (χ3v) is 4.65. The van der Waals surface area contributed by atoms with Gasteiger partial charge in [0.05, 0.1) is 16.2 Å². The Kier molecular flexibility index (Phi) is 4.82. The monoisotopic (exact) mass is 401 g/mol. The lowest BCUT2D eigenvalue weighted by atomic mass is 10.2. The van der Waals surface area contributed by atoms with Gasteiger partial charge in [-0.3, -0.25) is 9.59 Å². The largest absolute Gasteiger partial charge is 0.366 e. The van der Waals surface area contributed by atoms with Crippen molar-refractivity contribution < 1.29 is 9.59 Å². The number of para-hydroxylation sites is 1. The molecule has 2 aromatic rings. The Morgan fingerprint density at radius 1 is 1.17 bits per heavy atom. The van der Waals surface area contributed by atoms with E-state index < -0.39 is 5.91 Å². The molecule has 1 fully saturated rings. The lowest BCUT2D eigenvalue weighted by Crippen LogP contribution is -2.19. The number of halogens is 1. The number of primary amides is 1. The molecule has 2 aromatic carbocycles. The molecule has 1 aliphatic rings. The fourth-order valence-corrected chi connectivity index (χ4v) is 3.18. The lowest BCUT2D eigenvalue weighted by molar-refractivity contribution is -0.115. The predicted octanol–water partition coefficient (Wildman–Crippen LogP) is 3.44. The average Bonchev–Trinajstić information content (AvgIpc) is 2.89. The molecule has 1 saturated heterocycles. The summed E-state index contributed by atoms with van der Waals surface area (Å²) in [5.74, 6) is -0.784. The van der Waals surface area contributed by atoms with E-state index in [-0.39, 0.29) is 5.91 Å². The van der Waals surface area contributed by atoms with Crippen molar-refractivity contribution in [2.24, 2.45) is 10.7 Å². The van der Waals surface area contributed by atoms with Crippen LogP contribution >= 0.6 is 27.7 Å². The molecule has 120 valence electrons. The number of nitrogens with zero attached hydrogens (tertiary/aromatic N) is 1. The minimum atomic E-state index is -0.560. The van der Waals surface area contributed by atoms with Crippen molar-refractivity contribution in [3.8, 4) is 0 Å². The van der Waals surface area contributed by atoms with Crippen LogP contribution in [0.3, 0.4) is 0 Å². The molecule has 0 unspecified atom stereocenters. The van der Waals surface area contributed by atoms with Gasteiger partial charge in [-0.05, 0) is 47.7 Å². The van der Waals surface area contributed by atoms with E-state index in [0.717, 1.165) is 10.0 Å². The topological polar surface area (TPSA) is 84.6 Å². The first kappa shape index (κ1) is 16.5. The van der Waals surface area contributed by atoms with Crippen LogP contribution in [-0.4, -0.2) is 17.0 Å². The fourth-order valence-electron chi connectivity index (χ4n) is 2.08. The first-order chi connectivity index (χ1) is 11.5. The van der Waals surface area contributed by atoms with E-state index in [1.165, 1.54) is 11.8 Å². The first-order valence-corrected chi connectivity index (χ1v) is 8.58. The standard InChI is InChI=1S/C17H12BrN3O2S/c18-11-7-5-10(6-8-11)9-14-16(23)21-17(24-14)20-13-4-2-1-3-12(13)15(19)22/h1-9H,(H2,19,22)(H,20,21,23)/b14-9-. The summed E-state index contributed by atoms with van der Waals surface area (Å²) in [6.07, 6.45) is 1.79. The van der Waals surface area contributed by atoms with Crippen molar-refractivity contribution in [1.82, 2.24) is 5.32 Å². The Hall–Kier alpha value is -2.38. The van der Waals surface area contributed by atoms with Crippen molar-refractivity contribution in [2.45, 2.75) is 0 Å². The van der Waals surface area contributed by atoms with E-state index in [1.807, 2.05) is 24.3 Å². The molecule has 1 heterocycles. The van der Waals surface area contributed by atoms with Crippen LogP contribution in [0.2, 0.25) is 0 Å². The number of carbonyl (C=O) groups excluding carboxylic acids is 2. The number of carbonyl (C=O) groups is 2. The summed E-state index contributed by atoms with van der Waals surface area (Å²) in [7, 11) is 0. The van der Waals surface area contributed by atoms with E-state index in [4.69, 9.17) is 5.73 Å². The molecule has 0 saturated carbocycles. The van der Waals surface area contributed by atoms with Crippen LogP contribution in [0.15, 0.2) is 62.9 Å². The highest BCUT2D eigenvalue weighted by molar-refractivity contribution is 9.10. The molecule has 5 nitrogen and oxygen atoms in total. The smallest absolute Gasteiger partial charge is 0.264 e. The Morgan fingerprint density at radius 2 is 1.88 bits per heavy atom. The zero-order valence-electron chi connectivity index (χ0n) is 12.3. The minimum absolute atomic E-state index is 0.224. The second kappa shape index (κ2) is 7.02. The summed E-state index contributed by atoms with van der Waals surface area (Å²) in [5, 5.41) is 3.11. The number of amides is 2. The average molecular weight is 402 g/mol. The van der Waals surface area contributed by atoms with Gasteiger partial charge in [-0.1, -0.05) is 40.2 Å². The van der Waals surface area contributed by atoms with Gasteiger partial charge in [0.25, 0.3) is 11.8 Å². The molecule has 0 aromatic heterocycles. The zero-order valence-corrected chi connectivity index (χ0v) is 14.7. The molecule has 2 amide bonds. The van der Waals surface area contributed by atoms with Crippen LogP contribution in [0.1, 0.15) is 15.9 Å². The van der Waals surface area contributed by atoms with Gasteiger partial charge in [-0.2, -0.15) is 0 Å². The number of nitrogens with two attached hydrogens (primary N) is 1. The zero-order chi connectivity index (χ0) is 17.1. The fraction of sp³-hybridized carbons (Fsp3) is 0. The molecule has 0 spiro atoms. The summed E-state index contributed by atoms with van der Waals surface area (Å²) in [5.41, 5.74) is 6.99. The van der Waals surface area contributed by atoms with Crippen molar-refractivity contribution in [1.29, 1.82) is 0 Å². The predicted molar refractivity (Wildman–Crippen MR) is 99.9 cm³/mol. The molecule has 3 rings (SSSR count). The number of thioether (sulfide) groups is 1. The highest BCUT2D eigenvalue weighted by Crippen LogP contribution is 2.29. The van der Waals surface area contributed by atoms with E-state index >= 15 is 0 Å². The van der Waals surface area contributed by atoms with E-state index in [0.29, 0.717) is 21.3 Å². The molecule has 24 heavy (non-hydrogen) atoms. The first-order valence-electron chi connectivity index (χ1n) is 6.97. The van der Waals surface area contributed by atoms with Crippen LogP contribution in [0.25, 0.3) is 6.08 Å². The molecular weight excluding hydrogens is 390 g/mol. The maximum Gasteiger partial charge on any atom is 0.264 e. The number of hydrogen-bond acceptors (Lipinski definition) is 4. The van der Waals surface area contributed by atoms with Crippen molar-refractivity contribution in [3.63, 3.8) is 0 Å². The molecule has 0 atom stereocenters. The lowest BCUT2D eigenvalue weighted by Gasteiger charge is -2.01. The van der Waals surface area contributed by atoms with E-state index in [9.17, 15) is 9.59 Å². The van der Waals surface area contributed by atoms with E-state index in [1.54, 1.807) is 30.3 Å². The normalized spacial score (nSPS) is 17.3. The third kappa shape index (κ3) is 3.74. The van der Waals surface area contributed by atoms with Crippen LogP contribution < -0.4 is 11.1 Å². The Morgan fingerprint density at radius 3 is 2.58 bits per heavy atom. The molecule has 0 aliphatic carbocycles. The van der Waals surface area contributed by atoms with Crippen molar-refractivity contribution in [3.05, 3.63) is 69.0 Å². The molecule has 1 aliphatic heterocycles. The van der Waals surface area contributed by atoms with Gasteiger partial charge in [-0.15, -0.1) is 0 Å². The highest BCUT2D eigenvalue weighted by Gasteiger charge is 2.24. The van der Waals surface area contributed by atoms with Gasteiger partial charge < -0.3 is 11.1 Å². The Bertz CT molecular complexity index is 876. The Balaban J connectivity index is 1.87. The number of aliphatic imine (C=N–C) groups is 1. The number of amidine groups is 1. The minimum Gasteiger partial charge on any atom is -0.366 e. The second-order valence-electron chi connectivity index (χ2n) is 4.91. The third-order valence-electron chi connectivity index (χ3n) is 3.21. The number of nitrogens with one attached hydrogen (secondary N) is 1. The van der Waals surface area contributed by atoms with Crippen LogP contribution in [0.4, 0.5) is 5.69 Å². The van der Waals surface area contributed by atoms with Gasteiger partial charge in [0.1, 0.15) is 0 Å². The quantitative estimate of drug-likeness (QED) is 0.772. The maximum absolute atomic E-state index is 12.1. The summed E-state index contributed by atoms with van der Waals surface area (Å²) in [4.78, 5) is 28.4. The molecule has 7 heteroatoms. The van der Waals surface area contributed by atoms with Gasteiger partial charge in [0.2, 0.25) is 0 Å². The summed E-state index contributed by atoms with van der Waals surface area (Å²) in [6.45, 7) is 0. The summed E-state index contributed by atoms with van der Waals surface area (Å²) >= 11 is 4.59. The maximum atomic E-state index is 12.1. The number of benzene rings is 2. The highest BCUT2D eigenvalue weighted by atomic mass is 79.9. The van der Waals surface area contributed by atoms with Gasteiger partial charge in [0, 0.05) is 4.47 Å². The van der Waals surface area contributed by atoms with Crippen LogP contribution in [-0.2, 0) is 4.79 Å². The SMILES string of the molecule is NC(=O)c1ccccc1N=C1NC(=O)/C(=C/c2ccc(Br)cc2)S1. The Labute approximate surface area is 151 Å². The molecule has 3 N–H and O–H groups in total. The van der Waals surface area contributed by atoms with Crippen LogP contribution in [0, 0.1) is 0 Å². The molecular formula is C17H12BrN3O2S. The van der Waals surface area contributed by atoms with Crippen LogP contribution in [0.5, 0.6) is 0 Å². The molecule has 0 bridgehead atoms. The number of hydrogen-bond donors (Lipinski definition) is 2. The summed E-state index contributed by atoms with van der Waals surface area (Å²) in [6, 6.07) is 14.4. The van der Waals surface area contributed by atoms with Crippen molar-refractivity contribution >= 4 is 56.4 Å². The molecule has 0 radical (unpaired) electrons. The van der Waals surface area contributed by atoms with Crippen molar-refractivity contribution in [2.75, 3.05) is 0 Å². The van der Waals surface area contributed by atoms with E-state index in [2.05, 4.69) is 26.2 Å². The second-order valence-corrected chi connectivity index (χ2v) is 6.86.